The Labute approximate surface area is 127 Å². The molecule has 0 amide bonds. The molecule has 0 aliphatic rings. The number of nitrogens with two attached hydrogens (primary N) is 1. The molecule has 2 rings (SSSR count). The van der Waals surface area contributed by atoms with E-state index in [-0.39, 0.29) is 6.04 Å². The molecule has 0 aliphatic heterocycles. The van der Waals surface area contributed by atoms with Crippen LogP contribution in [0.3, 0.4) is 0 Å². The van der Waals surface area contributed by atoms with Crippen LogP contribution in [0.4, 0.5) is 11.4 Å². The van der Waals surface area contributed by atoms with Crippen molar-refractivity contribution in [3.05, 3.63) is 58.1 Å². The summed E-state index contributed by atoms with van der Waals surface area (Å²) in [7, 11) is 1.99. The van der Waals surface area contributed by atoms with Crippen molar-refractivity contribution in [3.8, 4) is 6.07 Å². The Morgan fingerprint density at radius 1 is 1.15 bits per heavy atom. The summed E-state index contributed by atoms with van der Waals surface area (Å²) in [6.45, 7) is 1.96. The van der Waals surface area contributed by atoms with Gasteiger partial charge in [0.05, 0.1) is 11.6 Å². The largest absolute Gasteiger partial charge is 0.345 e. The van der Waals surface area contributed by atoms with Crippen molar-refractivity contribution in [2.75, 3.05) is 11.9 Å². The summed E-state index contributed by atoms with van der Waals surface area (Å²) in [5, 5.41) is 8.82. The average molecular weight is 330 g/mol. The second kappa shape index (κ2) is 6.08. The number of rotatable bonds is 3. The van der Waals surface area contributed by atoms with E-state index < -0.39 is 0 Å². The molecule has 0 unspecified atom stereocenters. The van der Waals surface area contributed by atoms with Gasteiger partial charge in [-0.2, -0.15) is 5.26 Å². The molecule has 0 spiro atoms. The van der Waals surface area contributed by atoms with Gasteiger partial charge in [-0.3, -0.25) is 0 Å². The summed E-state index contributed by atoms with van der Waals surface area (Å²) in [4.78, 5) is 2.07. The van der Waals surface area contributed by atoms with Gasteiger partial charge in [0.25, 0.3) is 0 Å². The lowest BCUT2D eigenvalue weighted by atomic mass is 10.1. The van der Waals surface area contributed by atoms with Crippen molar-refractivity contribution in [2.24, 2.45) is 5.73 Å². The van der Waals surface area contributed by atoms with Crippen molar-refractivity contribution < 1.29 is 0 Å². The van der Waals surface area contributed by atoms with Crippen LogP contribution >= 0.6 is 15.9 Å². The zero-order valence-electron chi connectivity index (χ0n) is 11.5. The first-order chi connectivity index (χ1) is 9.52. The van der Waals surface area contributed by atoms with Crippen molar-refractivity contribution in [1.29, 1.82) is 5.26 Å². The van der Waals surface area contributed by atoms with Crippen LogP contribution in [0, 0.1) is 11.3 Å². The fourth-order valence-corrected chi connectivity index (χ4v) is 2.73. The molecular formula is C16H16BrN3. The highest BCUT2D eigenvalue weighted by atomic mass is 79.9. The molecule has 0 bridgehead atoms. The van der Waals surface area contributed by atoms with Gasteiger partial charge in [0.1, 0.15) is 0 Å². The number of nitriles is 1. The highest BCUT2D eigenvalue weighted by Gasteiger charge is 2.09. The molecule has 0 aliphatic carbocycles. The minimum absolute atomic E-state index is 0.00126. The van der Waals surface area contributed by atoms with Crippen molar-refractivity contribution >= 4 is 27.3 Å². The minimum atomic E-state index is -0.00126. The van der Waals surface area contributed by atoms with Gasteiger partial charge in [0.15, 0.2) is 0 Å². The average Bonchev–Trinajstić information content (AvgIpc) is 2.46. The number of hydrogen-bond donors (Lipinski definition) is 1. The van der Waals surface area contributed by atoms with Crippen LogP contribution < -0.4 is 10.6 Å². The van der Waals surface area contributed by atoms with Crippen LogP contribution in [0.15, 0.2) is 46.9 Å². The van der Waals surface area contributed by atoms with E-state index in [2.05, 4.69) is 33.0 Å². The molecule has 1 atom stereocenters. The third-order valence-corrected chi connectivity index (χ3v) is 3.93. The van der Waals surface area contributed by atoms with Gasteiger partial charge >= 0.3 is 0 Å². The fraction of sp³-hybridized carbons (Fsp3) is 0.188. The molecule has 3 nitrogen and oxygen atoms in total. The van der Waals surface area contributed by atoms with E-state index in [4.69, 9.17) is 11.0 Å². The molecule has 0 fully saturated rings. The van der Waals surface area contributed by atoms with Crippen LogP contribution in [0.2, 0.25) is 0 Å². The maximum absolute atomic E-state index is 8.82. The van der Waals surface area contributed by atoms with E-state index >= 15 is 0 Å². The SMILES string of the molecule is C[C@H](N)c1ccc(N(C)c2ccc(C#N)cc2)cc1Br. The summed E-state index contributed by atoms with van der Waals surface area (Å²) in [6, 6.07) is 15.8. The molecule has 2 aromatic rings. The molecule has 2 N–H and O–H groups in total. The van der Waals surface area contributed by atoms with Gasteiger partial charge < -0.3 is 10.6 Å². The van der Waals surface area contributed by atoms with Crippen LogP contribution in [0.25, 0.3) is 0 Å². The van der Waals surface area contributed by atoms with E-state index in [9.17, 15) is 0 Å². The zero-order chi connectivity index (χ0) is 14.7. The van der Waals surface area contributed by atoms with Gasteiger partial charge in [0.2, 0.25) is 0 Å². The number of halogens is 1. The molecule has 2 aromatic carbocycles. The Morgan fingerprint density at radius 2 is 1.75 bits per heavy atom. The molecule has 0 radical (unpaired) electrons. The van der Waals surface area contributed by atoms with Crippen LogP contribution in [0.1, 0.15) is 24.1 Å². The second-order valence-corrected chi connectivity index (χ2v) is 5.57. The number of benzene rings is 2. The van der Waals surface area contributed by atoms with Crippen molar-refractivity contribution in [3.63, 3.8) is 0 Å². The maximum Gasteiger partial charge on any atom is 0.0991 e. The van der Waals surface area contributed by atoms with Gasteiger partial charge in [-0.05, 0) is 48.9 Å². The standard InChI is InChI=1S/C16H16BrN3/c1-11(19)15-8-7-14(9-16(15)17)20(2)13-5-3-12(10-18)4-6-13/h3-9,11H,19H2,1-2H3/t11-/m0/s1. The summed E-state index contributed by atoms with van der Waals surface area (Å²) in [6.07, 6.45) is 0. The number of anilines is 2. The smallest absolute Gasteiger partial charge is 0.0991 e. The Kier molecular flexibility index (Phi) is 4.43. The zero-order valence-corrected chi connectivity index (χ0v) is 13.1. The third kappa shape index (κ3) is 3.01. The monoisotopic (exact) mass is 329 g/mol. The van der Waals surface area contributed by atoms with E-state index in [0.29, 0.717) is 5.56 Å². The summed E-state index contributed by atoms with van der Waals surface area (Å²) in [5.41, 5.74) is 9.75. The van der Waals surface area contributed by atoms with Gasteiger partial charge in [-0.1, -0.05) is 22.0 Å². The Bertz CT molecular complexity index is 642. The highest BCUT2D eigenvalue weighted by Crippen LogP contribution is 2.30. The Hall–Kier alpha value is -1.83. The van der Waals surface area contributed by atoms with E-state index in [0.717, 1.165) is 21.4 Å². The predicted molar refractivity (Wildman–Crippen MR) is 86.0 cm³/mol. The summed E-state index contributed by atoms with van der Waals surface area (Å²) >= 11 is 3.56. The molecule has 4 heteroatoms. The molecular weight excluding hydrogens is 314 g/mol. The lowest BCUT2D eigenvalue weighted by molar-refractivity contribution is 0.813. The number of nitrogens with zero attached hydrogens (tertiary/aromatic N) is 2. The van der Waals surface area contributed by atoms with Crippen LogP contribution in [-0.4, -0.2) is 7.05 Å². The summed E-state index contributed by atoms with van der Waals surface area (Å²) in [5.74, 6) is 0. The predicted octanol–water partition coefficient (Wildman–Crippen LogP) is 4.11. The Morgan fingerprint density at radius 3 is 2.25 bits per heavy atom. The molecule has 0 saturated heterocycles. The topological polar surface area (TPSA) is 53.0 Å². The first-order valence-corrected chi connectivity index (χ1v) is 7.11. The van der Waals surface area contributed by atoms with E-state index in [1.54, 1.807) is 0 Å². The third-order valence-electron chi connectivity index (χ3n) is 3.25. The van der Waals surface area contributed by atoms with Gasteiger partial charge in [-0.25, -0.2) is 0 Å². The first kappa shape index (κ1) is 14.6. The maximum atomic E-state index is 8.82. The minimum Gasteiger partial charge on any atom is -0.345 e. The van der Waals surface area contributed by atoms with Crippen LogP contribution in [0.5, 0.6) is 0 Å². The van der Waals surface area contributed by atoms with Gasteiger partial charge in [0, 0.05) is 28.9 Å². The quantitative estimate of drug-likeness (QED) is 0.921. The van der Waals surface area contributed by atoms with Crippen molar-refractivity contribution in [2.45, 2.75) is 13.0 Å². The molecule has 102 valence electrons. The van der Waals surface area contributed by atoms with Gasteiger partial charge in [-0.15, -0.1) is 0 Å². The second-order valence-electron chi connectivity index (χ2n) is 4.71. The van der Waals surface area contributed by atoms with E-state index in [1.807, 2.05) is 50.4 Å². The summed E-state index contributed by atoms with van der Waals surface area (Å²) < 4.78 is 1.01. The molecule has 0 saturated carbocycles. The van der Waals surface area contributed by atoms with Crippen LogP contribution in [-0.2, 0) is 0 Å². The first-order valence-electron chi connectivity index (χ1n) is 6.32. The molecule has 0 heterocycles. The number of hydrogen-bond acceptors (Lipinski definition) is 3. The van der Waals surface area contributed by atoms with Crippen molar-refractivity contribution in [1.82, 2.24) is 0 Å². The lowest BCUT2D eigenvalue weighted by Gasteiger charge is -2.21. The molecule has 20 heavy (non-hydrogen) atoms. The lowest BCUT2D eigenvalue weighted by Crippen LogP contribution is -2.11. The highest BCUT2D eigenvalue weighted by molar-refractivity contribution is 9.10. The Balaban J connectivity index is 2.31. The molecule has 0 aromatic heterocycles. The fourth-order valence-electron chi connectivity index (χ4n) is 2.00. The normalized spacial score (nSPS) is 11.8. The van der Waals surface area contributed by atoms with E-state index in [1.165, 1.54) is 0 Å².